The van der Waals surface area contributed by atoms with Gasteiger partial charge in [-0.3, -0.25) is 14.5 Å². The van der Waals surface area contributed by atoms with E-state index < -0.39 is 12.0 Å². The lowest BCUT2D eigenvalue weighted by atomic mass is 10.1. The first kappa shape index (κ1) is 15.2. The van der Waals surface area contributed by atoms with E-state index >= 15 is 0 Å². The number of amides is 2. The number of carbonyl (C=O) groups is 2. The molecule has 0 saturated carbocycles. The number of nitrogens with zero attached hydrogens (tertiary/aromatic N) is 2. The van der Waals surface area contributed by atoms with Crippen molar-refractivity contribution in [2.75, 3.05) is 42.6 Å². The highest BCUT2D eigenvalue weighted by Gasteiger charge is 2.33. The van der Waals surface area contributed by atoms with Gasteiger partial charge in [-0.05, 0) is 12.1 Å². The van der Waals surface area contributed by atoms with E-state index in [1.165, 1.54) is 0 Å². The molecular weight excluding hydrogens is 302 g/mol. The van der Waals surface area contributed by atoms with E-state index in [9.17, 15) is 9.59 Å². The molecule has 2 amide bonds. The van der Waals surface area contributed by atoms with Crippen LogP contribution >= 0.6 is 11.8 Å². The molecular formula is C15H19N3O3S. The summed E-state index contributed by atoms with van der Waals surface area (Å²) in [6.07, 6.45) is -0.796. The molecule has 0 aromatic heterocycles. The van der Waals surface area contributed by atoms with Crippen molar-refractivity contribution in [1.82, 2.24) is 4.90 Å². The van der Waals surface area contributed by atoms with Crippen LogP contribution in [0.4, 0.5) is 5.69 Å². The number of thioether (sulfide) groups is 1. The molecule has 1 fully saturated rings. The SMILES string of the molecule is NC(=O)[C@@H]1CN(C(=O)CN2CCSCC2)c2ccccc2O1. The van der Waals surface area contributed by atoms with E-state index in [-0.39, 0.29) is 12.5 Å². The van der Waals surface area contributed by atoms with Gasteiger partial charge < -0.3 is 15.4 Å². The van der Waals surface area contributed by atoms with Gasteiger partial charge in [0, 0.05) is 24.6 Å². The summed E-state index contributed by atoms with van der Waals surface area (Å²) in [6, 6.07) is 7.25. The van der Waals surface area contributed by atoms with Crippen LogP contribution in [-0.4, -0.2) is 60.5 Å². The van der Waals surface area contributed by atoms with Crippen LogP contribution in [0.5, 0.6) is 5.75 Å². The summed E-state index contributed by atoms with van der Waals surface area (Å²) in [5, 5.41) is 0. The lowest BCUT2D eigenvalue weighted by molar-refractivity contribution is -0.125. The lowest BCUT2D eigenvalue weighted by Gasteiger charge is -2.35. The van der Waals surface area contributed by atoms with Gasteiger partial charge in [-0.2, -0.15) is 11.8 Å². The average molecular weight is 321 g/mol. The van der Waals surface area contributed by atoms with Crippen molar-refractivity contribution in [3.8, 4) is 5.75 Å². The predicted molar refractivity (Wildman–Crippen MR) is 86.2 cm³/mol. The van der Waals surface area contributed by atoms with E-state index in [4.69, 9.17) is 10.5 Å². The molecule has 2 heterocycles. The fourth-order valence-corrected chi connectivity index (χ4v) is 3.63. The minimum atomic E-state index is -0.796. The summed E-state index contributed by atoms with van der Waals surface area (Å²) >= 11 is 1.91. The number of ether oxygens (including phenoxy) is 1. The summed E-state index contributed by atoms with van der Waals surface area (Å²) in [5.41, 5.74) is 6.06. The molecule has 2 aliphatic heterocycles. The number of nitrogens with two attached hydrogens (primary N) is 1. The van der Waals surface area contributed by atoms with Gasteiger partial charge in [0.05, 0.1) is 18.8 Å². The number of hydrogen-bond donors (Lipinski definition) is 1. The Bertz CT molecular complexity index is 575. The van der Waals surface area contributed by atoms with E-state index in [0.717, 1.165) is 24.6 Å². The first-order valence-corrected chi connectivity index (χ1v) is 8.46. The van der Waals surface area contributed by atoms with Gasteiger partial charge in [-0.1, -0.05) is 12.1 Å². The summed E-state index contributed by atoms with van der Waals surface area (Å²) in [4.78, 5) is 27.9. The molecule has 0 bridgehead atoms. The van der Waals surface area contributed by atoms with Gasteiger partial charge in [-0.15, -0.1) is 0 Å². The molecule has 0 spiro atoms. The Hall–Kier alpha value is -1.73. The van der Waals surface area contributed by atoms with Crippen molar-refractivity contribution >= 4 is 29.3 Å². The highest BCUT2D eigenvalue weighted by molar-refractivity contribution is 7.99. The molecule has 3 rings (SSSR count). The molecule has 6 nitrogen and oxygen atoms in total. The zero-order chi connectivity index (χ0) is 15.5. The maximum Gasteiger partial charge on any atom is 0.260 e. The van der Waals surface area contributed by atoms with Crippen molar-refractivity contribution in [2.45, 2.75) is 6.10 Å². The van der Waals surface area contributed by atoms with Crippen LogP contribution in [0.3, 0.4) is 0 Å². The average Bonchev–Trinajstić information content (AvgIpc) is 2.54. The molecule has 2 N–H and O–H groups in total. The monoisotopic (exact) mass is 321 g/mol. The van der Waals surface area contributed by atoms with Gasteiger partial charge in [-0.25, -0.2) is 0 Å². The number of carbonyl (C=O) groups excluding carboxylic acids is 2. The van der Waals surface area contributed by atoms with Gasteiger partial charge in [0.15, 0.2) is 6.10 Å². The maximum absolute atomic E-state index is 12.7. The smallest absolute Gasteiger partial charge is 0.260 e. The lowest BCUT2D eigenvalue weighted by Crippen LogP contribution is -2.52. The van der Waals surface area contributed by atoms with E-state index in [1.807, 2.05) is 30.0 Å². The maximum atomic E-state index is 12.7. The normalized spacial score (nSPS) is 21.8. The molecule has 118 valence electrons. The van der Waals surface area contributed by atoms with Crippen LogP contribution < -0.4 is 15.4 Å². The molecule has 0 unspecified atom stereocenters. The quantitative estimate of drug-likeness (QED) is 0.867. The molecule has 22 heavy (non-hydrogen) atoms. The zero-order valence-corrected chi connectivity index (χ0v) is 13.1. The standard InChI is InChI=1S/C15H19N3O3S/c16-15(20)13-9-18(11-3-1-2-4-12(11)21-13)14(19)10-17-5-7-22-8-6-17/h1-4,13H,5-10H2,(H2,16,20)/t13-/m0/s1. The topological polar surface area (TPSA) is 75.9 Å². The van der Waals surface area contributed by atoms with Crippen LogP contribution in [0, 0.1) is 0 Å². The van der Waals surface area contributed by atoms with E-state index in [1.54, 1.807) is 11.0 Å². The number of fused-ring (bicyclic) bond motifs is 1. The third kappa shape index (κ3) is 3.20. The summed E-state index contributed by atoms with van der Waals surface area (Å²) in [5.74, 6) is 2.06. The number of hydrogen-bond acceptors (Lipinski definition) is 5. The minimum Gasteiger partial charge on any atom is -0.477 e. The highest BCUT2D eigenvalue weighted by Crippen LogP contribution is 2.33. The molecule has 1 atom stereocenters. The number of benzene rings is 1. The highest BCUT2D eigenvalue weighted by atomic mass is 32.2. The van der Waals surface area contributed by atoms with Crippen LogP contribution in [0.25, 0.3) is 0 Å². The minimum absolute atomic E-state index is 0.0195. The fourth-order valence-electron chi connectivity index (χ4n) is 2.65. The second-order valence-electron chi connectivity index (χ2n) is 5.37. The van der Waals surface area contributed by atoms with Gasteiger partial charge in [0.25, 0.3) is 5.91 Å². The zero-order valence-electron chi connectivity index (χ0n) is 12.2. The Labute approximate surface area is 133 Å². The first-order chi connectivity index (χ1) is 10.6. The number of para-hydroxylation sites is 2. The van der Waals surface area contributed by atoms with E-state index in [2.05, 4.69) is 4.90 Å². The Morgan fingerprint density at radius 3 is 2.73 bits per heavy atom. The third-order valence-electron chi connectivity index (χ3n) is 3.85. The van der Waals surface area contributed by atoms with E-state index in [0.29, 0.717) is 18.0 Å². The molecule has 1 aromatic carbocycles. The van der Waals surface area contributed by atoms with Crippen molar-refractivity contribution < 1.29 is 14.3 Å². The largest absolute Gasteiger partial charge is 0.477 e. The van der Waals surface area contributed by atoms with Gasteiger partial charge >= 0.3 is 0 Å². The Morgan fingerprint density at radius 2 is 2.00 bits per heavy atom. The number of anilines is 1. The van der Waals surface area contributed by atoms with Crippen molar-refractivity contribution in [3.05, 3.63) is 24.3 Å². The summed E-state index contributed by atoms with van der Waals surface area (Å²) in [6.45, 7) is 2.37. The number of rotatable bonds is 3. The predicted octanol–water partition coefficient (Wildman–Crippen LogP) is 0.315. The van der Waals surface area contributed by atoms with Crippen molar-refractivity contribution in [2.24, 2.45) is 5.73 Å². The molecule has 1 saturated heterocycles. The molecule has 1 aromatic rings. The van der Waals surface area contributed by atoms with Crippen LogP contribution in [0.2, 0.25) is 0 Å². The molecule has 0 aliphatic carbocycles. The van der Waals surface area contributed by atoms with Crippen LogP contribution in [0.15, 0.2) is 24.3 Å². The second kappa shape index (κ2) is 6.58. The summed E-state index contributed by atoms with van der Waals surface area (Å²) in [7, 11) is 0. The van der Waals surface area contributed by atoms with Crippen molar-refractivity contribution in [3.63, 3.8) is 0 Å². The molecule has 7 heteroatoms. The molecule has 0 radical (unpaired) electrons. The van der Waals surface area contributed by atoms with Crippen LogP contribution in [-0.2, 0) is 9.59 Å². The molecule has 2 aliphatic rings. The Morgan fingerprint density at radius 1 is 1.27 bits per heavy atom. The van der Waals surface area contributed by atoms with Crippen molar-refractivity contribution in [1.29, 1.82) is 0 Å². The van der Waals surface area contributed by atoms with Crippen LogP contribution in [0.1, 0.15) is 0 Å². The Kier molecular flexibility index (Phi) is 4.54. The third-order valence-corrected chi connectivity index (χ3v) is 4.80. The summed E-state index contributed by atoms with van der Waals surface area (Å²) < 4.78 is 5.58. The second-order valence-corrected chi connectivity index (χ2v) is 6.59. The Balaban J connectivity index is 1.78. The first-order valence-electron chi connectivity index (χ1n) is 7.30. The fraction of sp³-hybridized carbons (Fsp3) is 0.467. The number of primary amides is 1. The van der Waals surface area contributed by atoms with Gasteiger partial charge in [0.1, 0.15) is 5.75 Å². The van der Waals surface area contributed by atoms with Gasteiger partial charge in [0.2, 0.25) is 5.91 Å².